The maximum Gasteiger partial charge on any atom is 0.338 e. The molecule has 1 heterocycles. The summed E-state index contributed by atoms with van der Waals surface area (Å²) >= 11 is 0. The van der Waals surface area contributed by atoms with Crippen molar-refractivity contribution in [2.75, 3.05) is 35.0 Å². The number of nitrogens with one attached hydrogen (secondary N) is 2. The van der Waals surface area contributed by atoms with Gasteiger partial charge in [0.05, 0.1) is 52.4 Å². The van der Waals surface area contributed by atoms with Crippen LogP contribution in [0.15, 0.2) is 42.0 Å². The molecule has 170 valence electrons. The number of benzene rings is 2. The molecule has 0 aliphatic carbocycles. The fourth-order valence-corrected chi connectivity index (χ4v) is 3.50. The van der Waals surface area contributed by atoms with Gasteiger partial charge in [0.2, 0.25) is 5.75 Å². The predicted octanol–water partition coefficient (Wildman–Crippen LogP) is 3.05. The van der Waals surface area contributed by atoms with Crippen molar-refractivity contribution in [1.29, 1.82) is 0 Å². The number of methoxy groups -OCH3 is 4. The molecule has 1 aliphatic rings. The van der Waals surface area contributed by atoms with E-state index in [0.29, 0.717) is 39.8 Å². The van der Waals surface area contributed by atoms with E-state index in [4.69, 9.17) is 23.7 Å². The lowest BCUT2D eigenvalue weighted by Gasteiger charge is -2.30. The van der Waals surface area contributed by atoms with Crippen LogP contribution in [0.25, 0.3) is 5.70 Å². The molecule has 2 amide bonds. The van der Waals surface area contributed by atoms with Crippen molar-refractivity contribution < 1.29 is 33.3 Å². The SMILES string of the molecule is CCOC(=O)C1=C(c2ccc(OC)cc2)NC(=O)NC1c1cc(OC)c(OC)c(OC)c1. The molecule has 1 atom stereocenters. The summed E-state index contributed by atoms with van der Waals surface area (Å²) in [6, 6.07) is 9.07. The lowest BCUT2D eigenvalue weighted by molar-refractivity contribution is -0.138. The van der Waals surface area contributed by atoms with Crippen LogP contribution >= 0.6 is 0 Å². The average molecular weight is 442 g/mol. The predicted molar refractivity (Wildman–Crippen MR) is 117 cm³/mol. The van der Waals surface area contributed by atoms with Gasteiger partial charge in [-0.3, -0.25) is 0 Å². The third kappa shape index (κ3) is 4.41. The standard InChI is InChI=1S/C23H26N2O7/c1-6-32-22(26)18-19(13-7-9-15(28-2)10-8-13)24-23(27)25-20(18)14-11-16(29-3)21(31-5)17(12-14)30-4/h7-12,20H,6H2,1-5H3,(H2,24,25,27). The van der Waals surface area contributed by atoms with Gasteiger partial charge in [0.1, 0.15) is 5.75 Å². The zero-order chi connectivity index (χ0) is 23.3. The first-order chi connectivity index (χ1) is 15.5. The zero-order valence-electron chi connectivity index (χ0n) is 18.6. The maximum absolute atomic E-state index is 13.0. The second-order valence-electron chi connectivity index (χ2n) is 6.73. The summed E-state index contributed by atoms with van der Waals surface area (Å²) in [5.74, 6) is 1.27. The third-order valence-corrected chi connectivity index (χ3v) is 4.97. The number of ether oxygens (including phenoxy) is 5. The van der Waals surface area contributed by atoms with Crippen molar-refractivity contribution in [2.45, 2.75) is 13.0 Å². The van der Waals surface area contributed by atoms with E-state index in [1.54, 1.807) is 50.4 Å². The molecule has 1 aliphatic heterocycles. The Hall–Kier alpha value is -3.88. The van der Waals surface area contributed by atoms with Gasteiger partial charge in [-0.1, -0.05) is 0 Å². The van der Waals surface area contributed by atoms with Gasteiger partial charge in [-0.2, -0.15) is 0 Å². The second-order valence-corrected chi connectivity index (χ2v) is 6.73. The Morgan fingerprint density at radius 3 is 2.06 bits per heavy atom. The topological polar surface area (TPSA) is 104 Å². The van der Waals surface area contributed by atoms with Gasteiger partial charge < -0.3 is 34.3 Å². The third-order valence-electron chi connectivity index (χ3n) is 4.97. The van der Waals surface area contributed by atoms with Crippen molar-refractivity contribution in [1.82, 2.24) is 10.6 Å². The van der Waals surface area contributed by atoms with Crippen LogP contribution in [-0.4, -0.2) is 47.0 Å². The largest absolute Gasteiger partial charge is 0.497 e. The molecule has 0 bridgehead atoms. The van der Waals surface area contributed by atoms with Crippen LogP contribution in [0.3, 0.4) is 0 Å². The fraction of sp³-hybridized carbons (Fsp3) is 0.304. The van der Waals surface area contributed by atoms with E-state index in [9.17, 15) is 9.59 Å². The first-order valence-electron chi connectivity index (χ1n) is 9.90. The molecule has 0 radical (unpaired) electrons. The summed E-state index contributed by atoms with van der Waals surface area (Å²) in [4.78, 5) is 25.6. The Kier molecular flexibility index (Phi) is 7.09. The summed E-state index contributed by atoms with van der Waals surface area (Å²) in [5, 5.41) is 5.54. The van der Waals surface area contributed by atoms with Crippen LogP contribution in [0.1, 0.15) is 24.1 Å². The van der Waals surface area contributed by atoms with E-state index in [1.807, 2.05) is 0 Å². The first-order valence-corrected chi connectivity index (χ1v) is 9.90. The van der Waals surface area contributed by atoms with Crippen LogP contribution < -0.4 is 29.6 Å². The second kappa shape index (κ2) is 9.95. The highest BCUT2D eigenvalue weighted by Gasteiger charge is 2.35. The number of carbonyl (C=O) groups is 2. The number of amides is 2. The van der Waals surface area contributed by atoms with E-state index in [2.05, 4.69) is 10.6 Å². The molecule has 9 nitrogen and oxygen atoms in total. The van der Waals surface area contributed by atoms with E-state index in [1.165, 1.54) is 21.3 Å². The minimum atomic E-state index is -0.825. The molecule has 0 spiro atoms. The average Bonchev–Trinajstić information content (AvgIpc) is 2.82. The maximum atomic E-state index is 13.0. The van der Waals surface area contributed by atoms with Crippen molar-refractivity contribution in [3.05, 3.63) is 53.1 Å². The summed E-state index contributed by atoms with van der Waals surface area (Å²) in [6.45, 7) is 1.89. The van der Waals surface area contributed by atoms with Gasteiger partial charge in [-0.05, 0) is 54.4 Å². The summed E-state index contributed by atoms with van der Waals surface area (Å²) < 4.78 is 26.8. The van der Waals surface area contributed by atoms with Gasteiger partial charge in [0.25, 0.3) is 0 Å². The molecule has 0 saturated heterocycles. The van der Waals surface area contributed by atoms with Gasteiger partial charge in [-0.15, -0.1) is 0 Å². The highest BCUT2D eigenvalue weighted by molar-refractivity contribution is 6.04. The van der Waals surface area contributed by atoms with Crippen LogP contribution in [0, 0.1) is 0 Å². The smallest absolute Gasteiger partial charge is 0.338 e. The summed E-state index contributed by atoms with van der Waals surface area (Å²) in [7, 11) is 6.04. The van der Waals surface area contributed by atoms with Gasteiger partial charge in [0.15, 0.2) is 11.5 Å². The molecule has 1 unspecified atom stereocenters. The molecule has 3 rings (SSSR count). The van der Waals surface area contributed by atoms with Gasteiger partial charge in [0, 0.05) is 0 Å². The number of hydrogen-bond donors (Lipinski definition) is 2. The van der Waals surface area contributed by atoms with Crippen molar-refractivity contribution in [3.63, 3.8) is 0 Å². The highest BCUT2D eigenvalue weighted by Crippen LogP contribution is 2.42. The molecule has 2 N–H and O–H groups in total. The normalized spacial score (nSPS) is 15.4. The van der Waals surface area contributed by atoms with E-state index in [0.717, 1.165) is 0 Å². The van der Waals surface area contributed by atoms with E-state index < -0.39 is 18.0 Å². The Labute approximate surface area is 186 Å². The van der Waals surface area contributed by atoms with E-state index in [-0.39, 0.29) is 12.2 Å². The number of rotatable bonds is 8. The molecule has 9 heteroatoms. The first kappa shape index (κ1) is 22.8. The Morgan fingerprint density at radius 1 is 0.938 bits per heavy atom. The Morgan fingerprint density at radius 2 is 1.56 bits per heavy atom. The van der Waals surface area contributed by atoms with Crippen molar-refractivity contribution in [2.24, 2.45) is 0 Å². The minimum Gasteiger partial charge on any atom is -0.497 e. The molecule has 2 aromatic carbocycles. The number of esters is 1. The van der Waals surface area contributed by atoms with Crippen LogP contribution in [0.2, 0.25) is 0 Å². The molecule has 0 fully saturated rings. The minimum absolute atomic E-state index is 0.175. The van der Waals surface area contributed by atoms with Gasteiger partial charge >= 0.3 is 12.0 Å². The molecule has 0 saturated carbocycles. The van der Waals surface area contributed by atoms with E-state index >= 15 is 0 Å². The number of hydrogen-bond acceptors (Lipinski definition) is 7. The number of urea groups is 1. The van der Waals surface area contributed by atoms with Gasteiger partial charge in [-0.25, -0.2) is 9.59 Å². The molecule has 32 heavy (non-hydrogen) atoms. The van der Waals surface area contributed by atoms with Crippen molar-refractivity contribution in [3.8, 4) is 23.0 Å². The zero-order valence-corrected chi connectivity index (χ0v) is 18.6. The molecular formula is C23H26N2O7. The lowest BCUT2D eigenvalue weighted by atomic mass is 9.92. The van der Waals surface area contributed by atoms with Crippen LogP contribution in [0.4, 0.5) is 4.79 Å². The molecule has 0 aromatic heterocycles. The van der Waals surface area contributed by atoms with Crippen LogP contribution in [0.5, 0.6) is 23.0 Å². The lowest BCUT2D eigenvalue weighted by Crippen LogP contribution is -2.45. The number of carbonyl (C=O) groups excluding carboxylic acids is 2. The quantitative estimate of drug-likeness (QED) is 0.606. The Bertz CT molecular complexity index is 1010. The molecular weight excluding hydrogens is 416 g/mol. The van der Waals surface area contributed by atoms with Crippen LogP contribution in [-0.2, 0) is 9.53 Å². The molecule has 2 aromatic rings. The fourth-order valence-electron chi connectivity index (χ4n) is 3.50. The summed E-state index contributed by atoms with van der Waals surface area (Å²) in [6.07, 6.45) is 0. The monoisotopic (exact) mass is 442 g/mol. The van der Waals surface area contributed by atoms with Crippen molar-refractivity contribution >= 4 is 17.7 Å². The summed E-state index contributed by atoms with van der Waals surface area (Å²) in [5.41, 5.74) is 1.77. The highest BCUT2D eigenvalue weighted by atomic mass is 16.5. The Balaban J connectivity index is 2.22.